The summed E-state index contributed by atoms with van der Waals surface area (Å²) in [5.41, 5.74) is -0.00405. The summed E-state index contributed by atoms with van der Waals surface area (Å²) in [5, 5.41) is 9.19. The predicted molar refractivity (Wildman–Crippen MR) is 76.0 cm³/mol. The first-order valence-corrected chi connectivity index (χ1v) is 8.08. The highest BCUT2D eigenvalue weighted by Gasteiger charge is 2.35. The summed E-state index contributed by atoms with van der Waals surface area (Å²) in [6, 6.07) is 2.53. The molecule has 0 aromatic carbocycles. The van der Waals surface area contributed by atoms with E-state index in [-0.39, 0.29) is 5.41 Å². The van der Waals surface area contributed by atoms with Crippen LogP contribution in [-0.4, -0.2) is 0 Å². The van der Waals surface area contributed by atoms with Gasteiger partial charge in [-0.1, -0.05) is 32.6 Å². The lowest BCUT2D eigenvalue weighted by atomic mass is 9.65. The van der Waals surface area contributed by atoms with E-state index in [1.807, 2.05) is 0 Å². The number of hydrogen-bond acceptors (Lipinski definition) is 1. The van der Waals surface area contributed by atoms with Gasteiger partial charge in [-0.05, 0) is 63.2 Å². The minimum absolute atomic E-state index is 0.00405. The van der Waals surface area contributed by atoms with Crippen LogP contribution in [0, 0.1) is 34.5 Å². The number of rotatable bonds is 3. The Morgan fingerprint density at radius 1 is 1.00 bits per heavy atom. The van der Waals surface area contributed by atoms with Crippen LogP contribution >= 0.6 is 0 Å². The lowest BCUT2D eigenvalue weighted by Gasteiger charge is -2.39. The molecule has 0 amide bonds. The van der Waals surface area contributed by atoms with Crippen molar-refractivity contribution in [2.45, 2.75) is 78.1 Å². The monoisotopic (exact) mass is 247 g/mol. The third-order valence-electron chi connectivity index (χ3n) is 5.66. The van der Waals surface area contributed by atoms with Crippen LogP contribution in [0.3, 0.4) is 0 Å². The van der Waals surface area contributed by atoms with Gasteiger partial charge in [-0.25, -0.2) is 0 Å². The minimum atomic E-state index is -0.00405. The standard InChI is InChI=1S/C17H29N/c1-3-4-14-5-7-15(8-6-14)16-9-11-17(2,13-18)12-10-16/h14-16H,3-12H2,1-2H3/t14?,15?,16-,17-. The molecule has 1 nitrogen and oxygen atoms in total. The molecular weight excluding hydrogens is 218 g/mol. The molecule has 102 valence electrons. The van der Waals surface area contributed by atoms with E-state index in [4.69, 9.17) is 0 Å². The van der Waals surface area contributed by atoms with E-state index in [9.17, 15) is 5.26 Å². The van der Waals surface area contributed by atoms with Crippen molar-refractivity contribution < 1.29 is 0 Å². The van der Waals surface area contributed by atoms with Gasteiger partial charge < -0.3 is 0 Å². The van der Waals surface area contributed by atoms with E-state index in [0.29, 0.717) is 0 Å². The Kier molecular flexibility index (Phi) is 4.71. The van der Waals surface area contributed by atoms with Gasteiger partial charge in [0, 0.05) is 0 Å². The molecule has 0 aromatic rings. The highest BCUT2D eigenvalue weighted by atomic mass is 14.4. The van der Waals surface area contributed by atoms with Crippen molar-refractivity contribution in [1.29, 1.82) is 5.26 Å². The molecule has 2 aliphatic carbocycles. The van der Waals surface area contributed by atoms with E-state index in [1.54, 1.807) is 0 Å². The Morgan fingerprint density at radius 2 is 1.56 bits per heavy atom. The zero-order chi connectivity index (χ0) is 13.0. The Bertz CT molecular complexity index is 285. The second-order valence-corrected chi connectivity index (χ2v) is 7.08. The fourth-order valence-corrected chi connectivity index (χ4v) is 4.22. The molecule has 0 aromatic heterocycles. The van der Waals surface area contributed by atoms with Crippen molar-refractivity contribution in [1.82, 2.24) is 0 Å². The van der Waals surface area contributed by atoms with Gasteiger partial charge in [0.25, 0.3) is 0 Å². The second-order valence-electron chi connectivity index (χ2n) is 7.08. The lowest BCUT2D eigenvalue weighted by molar-refractivity contribution is 0.128. The molecule has 0 radical (unpaired) electrons. The van der Waals surface area contributed by atoms with Gasteiger partial charge in [0.05, 0.1) is 11.5 Å². The van der Waals surface area contributed by atoms with Crippen LogP contribution in [0.25, 0.3) is 0 Å². The summed E-state index contributed by atoms with van der Waals surface area (Å²) >= 11 is 0. The maximum absolute atomic E-state index is 9.19. The Hall–Kier alpha value is -0.510. The molecular formula is C17H29N. The van der Waals surface area contributed by atoms with Crippen LogP contribution in [0.1, 0.15) is 78.1 Å². The van der Waals surface area contributed by atoms with Crippen molar-refractivity contribution in [3.8, 4) is 6.07 Å². The molecule has 0 atom stereocenters. The molecule has 2 saturated carbocycles. The first-order valence-electron chi connectivity index (χ1n) is 8.08. The molecule has 0 N–H and O–H groups in total. The summed E-state index contributed by atoms with van der Waals surface area (Å²) in [5.74, 6) is 2.95. The van der Waals surface area contributed by atoms with E-state index in [0.717, 1.165) is 30.6 Å². The summed E-state index contributed by atoms with van der Waals surface area (Å²) in [6.07, 6.45) is 13.6. The summed E-state index contributed by atoms with van der Waals surface area (Å²) < 4.78 is 0. The van der Waals surface area contributed by atoms with Gasteiger partial charge >= 0.3 is 0 Å². The first kappa shape index (κ1) is 13.9. The van der Waals surface area contributed by atoms with Crippen LogP contribution in [0.15, 0.2) is 0 Å². The Balaban J connectivity index is 1.77. The fraction of sp³-hybridized carbons (Fsp3) is 0.941. The third kappa shape index (κ3) is 3.28. The molecule has 1 heteroatoms. The average Bonchev–Trinajstić information content (AvgIpc) is 2.41. The first-order chi connectivity index (χ1) is 8.67. The van der Waals surface area contributed by atoms with Crippen molar-refractivity contribution in [2.75, 3.05) is 0 Å². The van der Waals surface area contributed by atoms with Crippen molar-refractivity contribution in [2.24, 2.45) is 23.2 Å². The van der Waals surface area contributed by atoms with Crippen molar-refractivity contribution >= 4 is 0 Å². The lowest BCUT2D eigenvalue weighted by Crippen LogP contribution is -2.29. The maximum Gasteiger partial charge on any atom is 0.0686 e. The smallest absolute Gasteiger partial charge is 0.0686 e. The number of nitriles is 1. The maximum atomic E-state index is 9.19. The highest BCUT2D eigenvalue weighted by molar-refractivity contribution is 4.99. The molecule has 2 fully saturated rings. The van der Waals surface area contributed by atoms with Crippen molar-refractivity contribution in [3.63, 3.8) is 0 Å². The SMILES string of the molecule is CCCC1CCC([C@H]2CC[C@](C)(C#N)CC2)CC1. The van der Waals surface area contributed by atoms with Crippen LogP contribution in [0.5, 0.6) is 0 Å². The van der Waals surface area contributed by atoms with E-state index in [2.05, 4.69) is 19.9 Å². The van der Waals surface area contributed by atoms with Crippen LogP contribution in [-0.2, 0) is 0 Å². The van der Waals surface area contributed by atoms with Gasteiger partial charge in [-0.3, -0.25) is 0 Å². The molecule has 0 bridgehead atoms. The van der Waals surface area contributed by atoms with Crippen LogP contribution in [0.2, 0.25) is 0 Å². The average molecular weight is 247 g/mol. The minimum Gasteiger partial charge on any atom is -0.198 e. The molecule has 0 aliphatic heterocycles. The van der Waals surface area contributed by atoms with Crippen molar-refractivity contribution in [3.05, 3.63) is 0 Å². The van der Waals surface area contributed by atoms with Crippen LogP contribution in [0.4, 0.5) is 0 Å². The zero-order valence-corrected chi connectivity index (χ0v) is 12.3. The molecule has 0 saturated heterocycles. The molecule has 2 rings (SSSR count). The summed E-state index contributed by atoms with van der Waals surface area (Å²) in [6.45, 7) is 4.47. The third-order valence-corrected chi connectivity index (χ3v) is 5.66. The predicted octanol–water partition coefficient (Wildman–Crippen LogP) is 5.31. The molecule has 0 unspecified atom stereocenters. The fourth-order valence-electron chi connectivity index (χ4n) is 4.22. The molecule has 18 heavy (non-hydrogen) atoms. The van der Waals surface area contributed by atoms with E-state index < -0.39 is 0 Å². The van der Waals surface area contributed by atoms with Gasteiger partial charge in [0.2, 0.25) is 0 Å². The van der Waals surface area contributed by atoms with E-state index in [1.165, 1.54) is 51.4 Å². The zero-order valence-electron chi connectivity index (χ0n) is 12.3. The second kappa shape index (κ2) is 6.09. The van der Waals surface area contributed by atoms with Gasteiger partial charge in [-0.15, -0.1) is 0 Å². The van der Waals surface area contributed by atoms with Gasteiger partial charge in [-0.2, -0.15) is 5.26 Å². The molecule has 2 aliphatic rings. The van der Waals surface area contributed by atoms with Gasteiger partial charge in [0.1, 0.15) is 0 Å². The van der Waals surface area contributed by atoms with E-state index >= 15 is 0 Å². The summed E-state index contributed by atoms with van der Waals surface area (Å²) in [4.78, 5) is 0. The highest BCUT2D eigenvalue weighted by Crippen LogP contribution is 2.45. The Labute approximate surface area is 113 Å². The van der Waals surface area contributed by atoms with Crippen LogP contribution < -0.4 is 0 Å². The van der Waals surface area contributed by atoms with Gasteiger partial charge in [0.15, 0.2) is 0 Å². The normalized spacial score (nSPS) is 41.3. The topological polar surface area (TPSA) is 23.8 Å². The number of hydrogen-bond donors (Lipinski definition) is 0. The quantitative estimate of drug-likeness (QED) is 0.662. The largest absolute Gasteiger partial charge is 0.198 e. The summed E-state index contributed by atoms with van der Waals surface area (Å²) in [7, 11) is 0. The molecule has 0 spiro atoms. The number of nitrogens with zero attached hydrogens (tertiary/aromatic N) is 1. The molecule has 0 heterocycles. The Morgan fingerprint density at radius 3 is 2.06 bits per heavy atom.